The molecule has 0 aliphatic rings. The van der Waals surface area contributed by atoms with Crippen molar-refractivity contribution >= 4 is 33.0 Å². The van der Waals surface area contributed by atoms with Crippen molar-refractivity contribution in [2.75, 3.05) is 5.32 Å². The predicted molar refractivity (Wildman–Crippen MR) is 75.0 cm³/mol. The van der Waals surface area contributed by atoms with E-state index in [2.05, 4.69) is 31.0 Å². The monoisotopic (exact) mass is 366 g/mol. The van der Waals surface area contributed by atoms with Crippen LogP contribution in [0.2, 0.25) is 0 Å². The first-order valence-electron chi connectivity index (χ1n) is 5.54. The van der Waals surface area contributed by atoms with Gasteiger partial charge in [-0.3, -0.25) is 0 Å². The number of hydrogen-bond acceptors (Lipinski definition) is 4. The topological polar surface area (TPSA) is 34.2 Å². The van der Waals surface area contributed by atoms with E-state index in [1.54, 1.807) is 12.3 Å². The Hall–Kier alpha value is -1.28. The van der Waals surface area contributed by atoms with Crippen LogP contribution in [0.25, 0.3) is 0 Å². The number of nitrogens with one attached hydrogen (secondary N) is 1. The number of nitrogens with zero attached hydrogens (tertiary/aromatic N) is 1. The van der Waals surface area contributed by atoms with Crippen molar-refractivity contribution in [1.82, 2.24) is 4.98 Å². The van der Waals surface area contributed by atoms with E-state index in [4.69, 9.17) is 0 Å². The van der Waals surface area contributed by atoms with Gasteiger partial charge in [-0.15, -0.1) is 24.5 Å². The number of aryl methyl sites for hydroxylation is 1. The lowest BCUT2D eigenvalue weighted by molar-refractivity contribution is -0.274. The smallest absolute Gasteiger partial charge is 0.404 e. The summed E-state index contributed by atoms with van der Waals surface area (Å²) in [5, 5.41) is 3.82. The molecule has 2 aromatic rings. The first-order valence-corrected chi connectivity index (χ1v) is 7.15. The molecule has 108 valence electrons. The number of halogens is 4. The number of thiazole rings is 1. The quantitative estimate of drug-likeness (QED) is 0.849. The second-order valence-corrected chi connectivity index (χ2v) is 6.12. The molecule has 0 unspecified atom stereocenters. The van der Waals surface area contributed by atoms with Gasteiger partial charge in [0.05, 0.1) is 17.2 Å². The van der Waals surface area contributed by atoms with Crippen LogP contribution < -0.4 is 10.1 Å². The minimum Gasteiger partial charge on any atom is -0.404 e. The SMILES string of the molecule is Cc1ncc(CNc2ccc(Br)cc2OC(F)(F)F)s1. The summed E-state index contributed by atoms with van der Waals surface area (Å²) in [7, 11) is 0. The molecule has 0 saturated heterocycles. The third-order valence-electron chi connectivity index (χ3n) is 2.29. The van der Waals surface area contributed by atoms with Crippen LogP contribution in [0.5, 0.6) is 5.75 Å². The summed E-state index contributed by atoms with van der Waals surface area (Å²) < 4.78 is 41.6. The Labute approximate surface area is 125 Å². The Morgan fingerprint density at radius 1 is 1.40 bits per heavy atom. The van der Waals surface area contributed by atoms with Gasteiger partial charge in [-0.25, -0.2) is 4.98 Å². The number of alkyl halides is 3. The van der Waals surface area contributed by atoms with Crippen LogP contribution in [0.15, 0.2) is 28.9 Å². The van der Waals surface area contributed by atoms with Gasteiger partial charge in [0, 0.05) is 15.5 Å². The molecular formula is C12H10BrF3N2OS. The highest BCUT2D eigenvalue weighted by Gasteiger charge is 2.32. The zero-order valence-electron chi connectivity index (χ0n) is 10.3. The van der Waals surface area contributed by atoms with Crippen molar-refractivity contribution in [3.05, 3.63) is 38.8 Å². The summed E-state index contributed by atoms with van der Waals surface area (Å²) >= 11 is 4.60. The van der Waals surface area contributed by atoms with E-state index in [0.717, 1.165) is 9.88 Å². The van der Waals surface area contributed by atoms with Crippen molar-refractivity contribution in [3.8, 4) is 5.75 Å². The Morgan fingerprint density at radius 2 is 2.15 bits per heavy atom. The van der Waals surface area contributed by atoms with Gasteiger partial charge in [0.15, 0.2) is 5.75 Å². The standard InChI is InChI=1S/C12H10BrF3N2OS/c1-7-17-5-9(20-7)6-18-10-3-2-8(13)4-11(10)19-12(14,15)16/h2-5,18H,6H2,1H3. The van der Waals surface area contributed by atoms with Crippen LogP contribution in [-0.4, -0.2) is 11.3 Å². The normalized spacial score (nSPS) is 11.4. The van der Waals surface area contributed by atoms with E-state index in [1.807, 2.05) is 6.92 Å². The second-order valence-electron chi connectivity index (χ2n) is 3.89. The third kappa shape index (κ3) is 4.38. The Kier molecular flexibility index (Phi) is 4.54. The maximum Gasteiger partial charge on any atom is 0.573 e. The van der Waals surface area contributed by atoms with Crippen molar-refractivity contribution in [3.63, 3.8) is 0 Å². The number of hydrogen-bond donors (Lipinski definition) is 1. The Balaban J connectivity index is 2.14. The van der Waals surface area contributed by atoms with Crippen LogP contribution in [0.3, 0.4) is 0 Å². The molecule has 3 nitrogen and oxygen atoms in total. The van der Waals surface area contributed by atoms with Crippen LogP contribution in [-0.2, 0) is 6.54 Å². The molecule has 0 spiro atoms. The predicted octanol–water partition coefficient (Wildman–Crippen LogP) is 4.72. The van der Waals surface area contributed by atoms with E-state index >= 15 is 0 Å². The molecule has 1 N–H and O–H groups in total. The van der Waals surface area contributed by atoms with Gasteiger partial charge < -0.3 is 10.1 Å². The van der Waals surface area contributed by atoms with Gasteiger partial charge in [0.2, 0.25) is 0 Å². The maximum atomic E-state index is 12.3. The molecule has 8 heteroatoms. The largest absolute Gasteiger partial charge is 0.573 e. The summed E-state index contributed by atoms with van der Waals surface area (Å²) in [6.07, 6.45) is -3.03. The highest BCUT2D eigenvalue weighted by molar-refractivity contribution is 9.10. The summed E-state index contributed by atoms with van der Waals surface area (Å²) in [6.45, 7) is 2.26. The fourth-order valence-electron chi connectivity index (χ4n) is 1.52. The minimum absolute atomic E-state index is 0.270. The van der Waals surface area contributed by atoms with E-state index < -0.39 is 6.36 Å². The molecule has 0 radical (unpaired) electrons. The lowest BCUT2D eigenvalue weighted by Crippen LogP contribution is -2.18. The second kappa shape index (κ2) is 6.01. The summed E-state index contributed by atoms with van der Waals surface area (Å²) in [5.74, 6) is -0.270. The molecule has 0 saturated carbocycles. The van der Waals surface area contributed by atoms with Crippen LogP contribution in [0.4, 0.5) is 18.9 Å². The highest BCUT2D eigenvalue weighted by Crippen LogP contribution is 2.33. The molecule has 20 heavy (non-hydrogen) atoms. The van der Waals surface area contributed by atoms with Gasteiger partial charge in [-0.2, -0.15) is 0 Å². The fourth-order valence-corrected chi connectivity index (χ4v) is 2.60. The van der Waals surface area contributed by atoms with Crippen LogP contribution in [0, 0.1) is 6.92 Å². The molecular weight excluding hydrogens is 357 g/mol. The zero-order valence-corrected chi connectivity index (χ0v) is 12.7. The number of benzene rings is 1. The van der Waals surface area contributed by atoms with E-state index in [0.29, 0.717) is 11.0 Å². The number of aromatic nitrogens is 1. The first-order chi connectivity index (χ1) is 9.33. The van der Waals surface area contributed by atoms with Gasteiger partial charge in [0.25, 0.3) is 0 Å². The van der Waals surface area contributed by atoms with Crippen molar-refractivity contribution in [1.29, 1.82) is 0 Å². The molecule has 0 fully saturated rings. The maximum absolute atomic E-state index is 12.3. The summed E-state index contributed by atoms with van der Waals surface area (Å²) in [6, 6.07) is 4.44. The van der Waals surface area contributed by atoms with Gasteiger partial charge in [0.1, 0.15) is 0 Å². The third-order valence-corrected chi connectivity index (χ3v) is 3.70. The fraction of sp³-hybridized carbons (Fsp3) is 0.250. The summed E-state index contributed by atoms with van der Waals surface area (Å²) in [4.78, 5) is 5.02. The Morgan fingerprint density at radius 3 is 2.75 bits per heavy atom. The molecule has 1 aromatic heterocycles. The van der Waals surface area contributed by atoms with Crippen molar-refractivity contribution in [2.24, 2.45) is 0 Å². The van der Waals surface area contributed by atoms with Crippen molar-refractivity contribution in [2.45, 2.75) is 19.8 Å². The number of ether oxygens (including phenoxy) is 1. The zero-order chi connectivity index (χ0) is 14.8. The molecule has 0 bridgehead atoms. The molecule has 0 amide bonds. The average molecular weight is 367 g/mol. The lowest BCUT2D eigenvalue weighted by atomic mass is 10.3. The van der Waals surface area contributed by atoms with Gasteiger partial charge in [-0.05, 0) is 25.1 Å². The van der Waals surface area contributed by atoms with Gasteiger partial charge in [-0.1, -0.05) is 15.9 Å². The molecule has 2 rings (SSSR count). The summed E-state index contributed by atoms with van der Waals surface area (Å²) in [5.41, 5.74) is 0.275. The van der Waals surface area contributed by atoms with Crippen molar-refractivity contribution < 1.29 is 17.9 Å². The van der Waals surface area contributed by atoms with E-state index in [-0.39, 0.29) is 11.4 Å². The number of anilines is 1. The van der Waals surface area contributed by atoms with E-state index in [9.17, 15) is 13.2 Å². The molecule has 0 aliphatic carbocycles. The molecule has 1 aromatic carbocycles. The highest BCUT2D eigenvalue weighted by atomic mass is 79.9. The minimum atomic E-state index is -4.72. The van der Waals surface area contributed by atoms with Gasteiger partial charge >= 0.3 is 6.36 Å². The molecule has 0 atom stereocenters. The van der Waals surface area contributed by atoms with E-state index in [1.165, 1.54) is 23.5 Å². The molecule has 1 heterocycles. The Bertz CT molecular complexity index is 601. The van der Waals surface area contributed by atoms with Crippen LogP contribution in [0.1, 0.15) is 9.88 Å². The lowest BCUT2D eigenvalue weighted by Gasteiger charge is -2.14. The molecule has 0 aliphatic heterocycles. The average Bonchev–Trinajstić information content (AvgIpc) is 2.72. The first kappa shape index (κ1) is 15.1. The van der Waals surface area contributed by atoms with Crippen LogP contribution >= 0.6 is 27.3 Å². The number of rotatable bonds is 4.